The number of hydrogen-bond acceptors (Lipinski definition) is 4. The third-order valence-electron chi connectivity index (χ3n) is 4.13. The minimum absolute atomic E-state index is 0.113. The zero-order valence-corrected chi connectivity index (χ0v) is 14.9. The first-order chi connectivity index (χ1) is 11.8. The van der Waals surface area contributed by atoms with Crippen molar-refractivity contribution in [1.29, 1.82) is 0 Å². The molecule has 132 valence electrons. The van der Waals surface area contributed by atoms with E-state index in [1.807, 2.05) is 6.07 Å². The molecule has 5 nitrogen and oxygen atoms in total. The number of ether oxygens (including phenoxy) is 1. The Labute approximate surface area is 146 Å². The van der Waals surface area contributed by atoms with Crippen molar-refractivity contribution in [2.75, 3.05) is 34.3 Å². The van der Waals surface area contributed by atoms with Crippen molar-refractivity contribution < 1.29 is 18.7 Å². The second kappa shape index (κ2) is 6.76. The Balaban J connectivity index is 1.82. The van der Waals surface area contributed by atoms with Gasteiger partial charge in [0.15, 0.2) is 0 Å². The first-order valence-electron chi connectivity index (χ1n) is 8.47. The molecule has 0 bridgehead atoms. The van der Waals surface area contributed by atoms with Crippen LogP contribution in [0.2, 0.25) is 0 Å². The van der Waals surface area contributed by atoms with Crippen LogP contribution in [0.1, 0.15) is 12.8 Å². The van der Waals surface area contributed by atoms with Gasteiger partial charge in [-0.25, -0.2) is 0 Å². The maximum atomic E-state index is 12.6. The summed E-state index contributed by atoms with van der Waals surface area (Å²) in [4.78, 5) is 12.6. The van der Waals surface area contributed by atoms with Gasteiger partial charge < -0.3 is 18.7 Å². The number of quaternary nitrogens is 1. The van der Waals surface area contributed by atoms with Crippen molar-refractivity contribution in [3.8, 4) is 11.5 Å². The number of rotatable bonds is 6. The van der Waals surface area contributed by atoms with Gasteiger partial charge in [0.05, 0.1) is 39.7 Å². The summed E-state index contributed by atoms with van der Waals surface area (Å²) in [5, 5.41) is 10.9. The molecule has 1 aromatic heterocycles. The molecule has 0 radical (unpaired) electrons. The molecular weight excluding hydrogens is 318 g/mol. The van der Waals surface area contributed by atoms with Gasteiger partial charge in [-0.05, 0) is 25.0 Å². The molecule has 25 heavy (non-hydrogen) atoms. The number of benzene rings is 2. The van der Waals surface area contributed by atoms with Crippen LogP contribution < -0.4 is 10.2 Å². The molecule has 0 aliphatic carbocycles. The van der Waals surface area contributed by atoms with Crippen LogP contribution in [0.4, 0.5) is 0 Å². The predicted octanol–water partition coefficient (Wildman–Crippen LogP) is 3.52. The zero-order valence-electron chi connectivity index (χ0n) is 14.9. The molecular formula is C20H24NO4+. The van der Waals surface area contributed by atoms with E-state index in [-0.39, 0.29) is 16.6 Å². The molecule has 0 spiro atoms. The van der Waals surface area contributed by atoms with Crippen LogP contribution in [0.3, 0.4) is 0 Å². The van der Waals surface area contributed by atoms with E-state index in [0.717, 1.165) is 23.9 Å². The lowest BCUT2D eigenvalue weighted by atomic mass is 10.1. The number of phenols is 1. The van der Waals surface area contributed by atoms with Crippen LogP contribution in [0.15, 0.2) is 45.6 Å². The second-order valence-corrected chi connectivity index (χ2v) is 7.31. The molecule has 0 saturated carbocycles. The van der Waals surface area contributed by atoms with Crippen molar-refractivity contribution >= 4 is 21.9 Å². The fourth-order valence-corrected chi connectivity index (χ4v) is 2.84. The normalized spacial score (nSPS) is 12.0. The number of fused-ring (bicyclic) bond motifs is 2. The van der Waals surface area contributed by atoms with Crippen molar-refractivity contribution in [3.05, 3.63) is 46.6 Å². The van der Waals surface area contributed by atoms with Crippen LogP contribution in [-0.4, -0.2) is 43.9 Å². The van der Waals surface area contributed by atoms with Gasteiger partial charge in [-0.3, -0.25) is 4.79 Å². The molecule has 0 saturated heterocycles. The van der Waals surface area contributed by atoms with E-state index in [1.54, 1.807) is 24.3 Å². The summed E-state index contributed by atoms with van der Waals surface area (Å²) in [5.41, 5.74) is 0.605. The van der Waals surface area contributed by atoms with Crippen molar-refractivity contribution in [2.24, 2.45) is 0 Å². The molecule has 0 fully saturated rings. The van der Waals surface area contributed by atoms with E-state index in [0.29, 0.717) is 28.9 Å². The van der Waals surface area contributed by atoms with Gasteiger partial charge in [-0.1, -0.05) is 12.1 Å². The van der Waals surface area contributed by atoms with E-state index in [1.165, 1.54) is 6.07 Å². The first kappa shape index (κ1) is 17.3. The maximum absolute atomic E-state index is 12.6. The quantitative estimate of drug-likeness (QED) is 0.423. The van der Waals surface area contributed by atoms with Crippen molar-refractivity contribution in [3.63, 3.8) is 0 Å². The zero-order chi connectivity index (χ0) is 18.0. The summed E-state index contributed by atoms with van der Waals surface area (Å²) < 4.78 is 12.4. The average molecular weight is 342 g/mol. The fraction of sp³-hybridized carbons (Fsp3) is 0.350. The van der Waals surface area contributed by atoms with E-state index < -0.39 is 0 Å². The summed E-state index contributed by atoms with van der Waals surface area (Å²) in [5.74, 6) is 0.395. The summed E-state index contributed by atoms with van der Waals surface area (Å²) in [6, 6.07) is 10.2. The van der Waals surface area contributed by atoms with Gasteiger partial charge in [0, 0.05) is 12.1 Å². The van der Waals surface area contributed by atoms with Crippen LogP contribution >= 0.6 is 0 Å². The topological polar surface area (TPSA) is 59.7 Å². The molecule has 3 rings (SSSR count). The van der Waals surface area contributed by atoms with Gasteiger partial charge in [0.2, 0.25) is 5.43 Å². The standard InChI is InChI=1S/C20H23NO4/c1-21(2,3)10-6-7-11-24-14-12-16(22)19-18(13-14)25-17-9-5-4-8-15(17)20(19)23/h4-5,8-9,12-13H,6-7,10-11H2,1-3H3/p+1. The largest absolute Gasteiger partial charge is 0.507 e. The highest BCUT2D eigenvalue weighted by Gasteiger charge is 2.13. The van der Waals surface area contributed by atoms with Crippen LogP contribution in [0, 0.1) is 0 Å². The number of para-hydroxylation sites is 1. The second-order valence-electron chi connectivity index (χ2n) is 7.31. The molecule has 0 unspecified atom stereocenters. The van der Waals surface area contributed by atoms with E-state index in [9.17, 15) is 9.90 Å². The highest BCUT2D eigenvalue weighted by molar-refractivity contribution is 5.93. The molecule has 0 amide bonds. The molecule has 3 aromatic rings. The maximum Gasteiger partial charge on any atom is 0.204 e. The van der Waals surface area contributed by atoms with Crippen LogP contribution in [0.25, 0.3) is 21.9 Å². The van der Waals surface area contributed by atoms with Gasteiger partial charge in [0.1, 0.15) is 28.1 Å². The van der Waals surface area contributed by atoms with Crippen LogP contribution in [-0.2, 0) is 0 Å². The monoisotopic (exact) mass is 342 g/mol. The van der Waals surface area contributed by atoms with Crippen molar-refractivity contribution in [1.82, 2.24) is 0 Å². The molecule has 1 N–H and O–H groups in total. The molecule has 2 aromatic carbocycles. The lowest BCUT2D eigenvalue weighted by molar-refractivity contribution is -0.870. The van der Waals surface area contributed by atoms with Gasteiger partial charge in [-0.15, -0.1) is 0 Å². The number of unbranched alkanes of at least 4 members (excludes halogenated alkanes) is 1. The lowest BCUT2D eigenvalue weighted by Crippen LogP contribution is -2.35. The highest BCUT2D eigenvalue weighted by Crippen LogP contribution is 2.30. The molecule has 0 atom stereocenters. The highest BCUT2D eigenvalue weighted by atomic mass is 16.5. The van der Waals surface area contributed by atoms with E-state index in [2.05, 4.69) is 21.1 Å². The number of hydrogen-bond donors (Lipinski definition) is 1. The van der Waals surface area contributed by atoms with E-state index in [4.69, 9.17) is 9.15 Å². The van der Waals surface area contributed by atoms with Gasteiger partial charge in [-0.2, -0.15) is 0 Å². The molecule has 0 aliphatic rings. The van der Waals surface area contributed by atoms with Crippen molar-refractivity contribution in [2.45, 2.75) is 12.8 Å². The number of aromatic hydroxyl groups is 1. The molecule has 1 heterocycles. The fourth-order valence-electron chi connectivity index (χ4n) is 2.84. The summed E-state index contributed by atoms with van der Waals surface area (Å²) in [6.45, 7) is 1.63. The Morgan fingerprint density at radius 1 is 1.08 bits per heavy atom. The summed E-state index contributed by atoms with van der Waals surface area (Å²) in [6.07, 6.45) is 1.98. The third kappa shape index (κ3) is 3.94. The summed E-state index contributed by atoms with van der Waals surface area (Å²) >= 11 is 0. The van der Waals surface area contributed by atoms with Gasteiger partial charge >= 0.3 is 0 Å². The average Bonchev–Trinajstić information content (AvgIpc) is 2.53. The summed E-state index contributed by atoms with van der Waals surface area (Å²) in [7, 11) is 6.48. The number of nitrogens with zero attached hydrogens (tertiary/aromatic N) is 1. The smallest absolute Gasteiger partial charge is 0.204 e. The predicted molar refractivity (Wildman–Crippen MR) is 99.3 cm³/mol. The van der Waals surface area contributed by atoms with Gasteiger partial charge in [0.25, 0.3) is 0 Å². The van der Waals surface area contributed by atoms with E-state index >= 15 is 0 Å². The SMILES string of the molecule is C[N+](C)(C)CCCCOc1cc(O)c2c(=O)c3ccccc3oc2c1. The molecule has 5 heteroatoms. The first-order valence-corrected chi connectivity index (χ1v) is 8.47. The minimum Gasteiger partial charge on any atom is -0.507 e. The molecule has 0 aliphatic heterocycles. The Bertz CT molecular complexity index is 953. The Kier molecular flexibility index (Phi) is 4.68. The number of phenolic OH excluding ortho intramolecular Hbond substituents is 1. The third-order valence-corrected chi connectivity index (χ3v) is 4.13. The Hall–Kier alpha value is -2.53. The Morgan fingerprint density at radius 3 is 2.60 bits per heavy atom. The lowest BCUT2D eigenvalue weighted by Gasteiger charge is -2.23. The van der Waals surface area contributed by atoms with Crippen LogP contribution in [0.5, 0.6) is 11.5 Å². The Morgan fingerprint density at radius 2 is 1.84 bits per heavy atom. The minimum atomic E-state index is -0.233.